The molecule has 0 unspecified atom stereocenters. The Balaban J connectivity index is 1.12. The molecule has 0 amide bonds. The lowest BCUT2D eigenvalue weighted by atomic mass is 9.70. The van der Waals surface area contributed by atoms with E-state index >= 15 is 0 Å². The molecule has 0 aromatic heterocycles. The van der Waals surface area contributed by atoms with Gasteiger partial charge in [0.05, 0.1) is 16.8 Å². The van der Waals surface area contributed by atoms with Gasteiger partial charge in [0.25, 0.3) is 0 Å². The van der Waals surface area contributed by atoms with Crippen LogP contribution in [-0.2, 0) is 10.8 Å². The van der Waals surface area contributed by atoms with Crippen LogP contribution < -0.4 is 4.90 Å². The summed E-state index contributed by atoms with van der Waals surface area (Å²) in [7, 11) is 0. The lowest BCUT2D eigenvalue weighted by Crippen LogP contribution is -2.26. The van der Waals surface area contributed by atoms with Crippen molar-refractivity contribution >= 4 is 49.4 Å². The standard InChI is InChI=1S/C70H47N/c1-69(2)61-34-16-12-31-55(61)57-33-20-38-66(68(57)69)71(45-39-40-52-50-27-9-8-25-48(50)49-26-10-11-28-51(49)58(52)41-45)67-43-65-59(42-60(67)47-24-7-6-23-46(47)44-21-4-3-5-22-44)56-32-15-19-37-64(56)70(65)62-35-17-13-29-53(62)54-30-14-18-36-63(54)70/h3-43H,1-2H3. The molecule has 12 aromatic rings. The molecule has 3 aliphatic rings. The van der Waals surface area contributed by atoms with E-state index in [9.17, 15) is 0 Å². The van der Waals surface area contributed by atoms with E-state index in [0.717, 1.165) is 11.4 Å². The van der Waals surface area contributed by atoms with Crippen molar-refractivity contribution in [1.82, 2.24) is 0 Å². The van der Waals surface area contributed by atoms with Crippen LogP contribution >= 0.6 is 0 Å². The van der Waals surface area contributed by atoms with Gasteiger partial charge in [-0.05, 0) is 146 Å². The fraction of sp³-hybridized carbons (Fsp3) is 0.0571. The Morgan fingerprint density at radius 3 is 1.32 bits per heavy atom. The highest BCUT2D eigenvalue weighted by Crippen LogP contribution is 2.65. The van der Waals surface area contributed by atoms with Gasteiger partial charge in [-0.1, -0.05) is 232 Å². The maximum atomic E-state index is 2.65. The van der Waals surface area contributed by atoms with Crippen LogP contribution in [0.5, 0.6) is 0 Å². The Morgan fingerprint density at radius 1 is 0.268 bits per heavy atom. The highest BCUT2D eigenvalue weighted by Gasteiger charge is 2.52. The SMILES string of the molecule is CC1(C)c2ccccc2-c2cccc(N(c3ccc4c5ccccc5c5ccccc5c4c3)c3cc4c(cc3-c3ccccc3-c3ccccc3)-c3ccccc3C43c4ccccc4-c4ccccc43)c21. The lowest BCUT2D eigenvalue weighted by molar-refractivity contribution is 0.661. The summed E-state index contributed by atoms with van der Waals surface area (Å²) in [6.45, 7) is 4.84. The van der Waals surface area contributed by atoms with Gasteiger partial charge in [-0.25, -0.2) is 0 Å². The van der Waals surface area contributed by atoms with Gasteiger partial charge in [0, 0.05) is 16.7 Å². The van der Waals surface area contributed by atoms with Gasteiger partial charge in [-0.3, -0.25) is 0 Å². The average molecular weight is 902 g/mol. The quantitative estimate of drug-likeness (QED) is 0.156. The van der Waals surface area contributed by atoms with Gasteiger partial charge < -0.3 is 4.90 Å². The molecule has 0 bridgehead atoms. The van der Waals surface area contributed by atoms with E-state index in [2.05, 4.69) is 267 Å². The first-order valence-corrected chi connectivity index (χ1v) is 25.0. The van der Waals surface area contributed by atoms with E-state index in [0.29, 0.717) is 0 Å². The van der Waals surface area contributed by atoms with Crippen molar-refractivity contribution in [3.63, 3.8) is 0 Å². The van der Waals surface area contributed by atoms with Crippen molar-refractivity contribution in [2.45, 2.75) is 24.7 Å². The summed E-state index contributed by atoms with van der Waals surface area (Å²) in [5, 5.41) is 7.57. The largest absolute Gasteiger partial charge is 0.310 e. The van der Waals surface area contributed by atoms with Gasteiger partial charge >= 0.3 is 0 Å². The number of hydrogen-bond donors (Lipinski definition) is 0. The van der Waals surface area contributed by atoms with Gasteiger partial charge in [0.15, 0.2) is 0 Å². The maximum Gasteiger partial charge on any atom is 0.0726 e. The van der Waals surface area contributed by atoms with Crippen LogP contribution in [0, 0.1) is 0 Å². The molecule has 0 saturated carbocycles. The molecule has 0 aliphatic heterocycles. The third-order valence-electron chi connectivity index (χ3n) is 16.4. The number of benzene rings is 12. The first-order valence-electron chi connectivity index (χ1n) is 25.0. The zero-order valence-corrected chi connectivity index (χ0v) is 39.6. The molecule has 12 aromatic carbocycles. The summed E-state index contributed by atoms with van der Waals surface area (Å²) in [6, 6.07) is 93.9. The summed E-state index contributed by atoms with van der Waals surface area (Å²) in [6.07, 6.45) is 0. The van der Waals surface area contributed by atoms with Crippen molar-refractivity contribution in [1.29, 1.82) is 0 Å². The van der Waals surface area contributed by atoms with Gasteiger partial charge in [0.2, 0.25) is 0 Å². The van der Waals surface area contributed by atoms with Gasteiger partial charge in [0.1, 0.15) is 0 Å². The molecule has 0 atom stereocenters. The third-order valence-corrected chi connectivity index (χ3v) is 16.4. The topological polar surface area (TPSA) is 3.24 Å². The first kappa shape index (κ1) is 40.1. The van der Waals surface area contributed by atoms with Gasteiger partial charge in [-0.15, -0.1) is 0 Å². The maximum absolute atomic E-state index is 2.65. The zero-order chi connectivity index (χ0) is 47.0. The Labute approximate surface area is 414 Å². The second-order valence-electron chi connectivity index (χ2n) is 20.2. The van der Waals surface area contributed by atoms with E-state index < -0.39 is 5.41 Å². The number of hydrogen-bond acceptors (Lipinski definition) is 1. The highest BCUT2D eigenvalue weighted by atomic mass is 15.1. The molecule has 1 heteroatoms. The smallest absolute Gasteiger partial charge is 0.0726 e. The summed E-state index contributed by atoms with van der Waals surface area (Å²) >= 11 is 0. The molecular formula is C70H47N. The van der Waals surface area contributed by atoms with Crippen molar-refractivity contribution in [3.8, 4) is 55.6 Å². The molecule has 332 valence electrons. The molecule has 71 heavy (non-hydrogen) atoms. The summed E-state index contributed by atoms with van der Waals surface area (Å²) in [4.78, 5) is 2.65. The monoisotopic (exact) mass is 901 g/mol. The van der Waals surface area contributed by atoms with Crippen LogP contribution in [0.15, 0.2) is 249 Å². The number of anilines is 3. The van der Waals surface area contributed by atoms with Gasteiger partial charge in [-0.2, -0.15) is 0 Å². The fourth-order valence-electron chi connectivity index (χ4n) is 13.6. The van der Waals surface area contributed by atoms with E-state index in [4.69, 9.17) is 0 Å². The minimum Gasteiger partial charge on any atom is -0.310 e. The molecular weight excluding hydrogens is 855 g/mol. The number of nitrogens with zero attached hydrogens (tertiary/aromatic N) is 1. The van der Waals surface area contributed by atoms with Crippen LogP contribution in [0.3, 0.4) is 0 Å². The molecule has 0 radical (unpaired) electrons. The second-order valence-corrected chi connectivity index (χ2v) is 20.2. The summed E-state index contributed by atoms with van der Waals surface area (Å²) < 4.78 is 0. The van der Waals surface area contributed by atoms with Crippen LogP contribution in [0.1, 0.15) is 47.2 Å². The Morgan fingerprint density at radius 2 is 0.718 bits per heavy atom. The van der Waals surface area contributed by atoms with Crippen molar-refractivity contribution in [2.24, 2.45) is 0 Å². The van der Waals surface area contributed by atoms with E-state index in [1.165, 1.54) is 127 Å². The Kier molecular flexibility index (Phi) is 8.40. The molecule has 15 rings (SSSR count). The average Bonchev–Trinajstić information content (AvgIpc) is 4.00. The molecule has 1 spiro atoms. The molecule has 1 nitrogen and oxygen atoms in total. The second kappa shape index (κ2) is 14.9. The minimum atomic E-state index is -0.538. The molecule has 0 fully saturated rings. The minimum absolute atomic E-state index is 0.292. The highest BCUT2D eigenvalue weighted by molar-refractivity contribution is 6.26. The third kappa shape index (κ3) is 5.41. The van der Waals surface area contributed by atoms with E-state index in [1.807, 2.05) is 0 Å². The van der Waals surface area contributed by atoms with Crippen molar-refractivity contribution in [3.05, 3.63) is 282 Å². The lowest BCUT2D eigenvalue weighted by Gasteiger charge is -2.36. The molecule has 0 saturated heterocycles. The summed E-state index contributed by atoms with van der Waals surface area (Å²) in [5.41, 5.74) is 23.2. The van der Waals surface area contributed by atoms with E-state index in [-0.39, 0.29) is 5.41 Å². The van der Waals surface area contributed by atoms with Crippen molar-refractivity contribution in [2.75, 3.05) is 4.90 Å². The first-order chi connectivity index (χ1) is 35.0. The molecule has 0 heterocycles. The fourth-order valence-corrected chi connectivity index (χ4v) is 13.6. The molecule has 0 N–H and O–H groups in total. The number of fused-ring (bicyclic) bond motifs is 19. The number of rotatable bonds is 5. The van der Waals surface area contributed by atoms with Crippen LogP contribution in [0.2, 0.25) is 0 Å². The van der Waals surface area contributed by atoms with Crippen LogP contribution in [-0.4, -0.2) is 0 Å². The van der Waals surface area contributed by atoms with E-state index in [1.54, 1.807) is 0 Å². The predicted octanol–water partition coefficient (Wildman–Crippen LogP) is 18.6. The predicted molar refractivity (Wildman–Crippen MR) is 298 cm³/mol. The van der Waals surface area contributed by atoms with Crippen LogP contribution in [0.25, 0.3) is 88.0 Å². The zero-order valence-electron chi connectivity index (χ0n) is 39.6. The van der Waals surface area contributed by atoms with Crippen LogP contribution in [0.4, 0.5) is 17.1 Å². The normalized spacial score (nSPS) is 14.0. The molecule has 3 aliphatic carbocycles. The van der Waals surface area contributed by atoms with Crippen molar-refractivity contribution < 1.29 is 0 Å². The Hall–Kier alpha value is -8.78. The summed E-state index contributed by atoms with van der Waals surface area (Å²) in [5.74, 6) is 0. The Bertz CT molecular complexity index is 4130.